The maximum atomic E-state index is 13.0. The molecular weight excluding hydrogens is 204 g/mol. The minimum absolute atomic E-state index is 0. The lowest BCUT2D eigenvalue weighted by molar-refractivity contribution is -0.0151. The van der Waals surface area contributed by atoms with E-state index in [9.17, 15) is 13.6 Å². The molecule has 0 bridgehead atoms. The molecule has 2 rings (SSSR count). The zero-order valence-electron chi connectivity index (χ0n) is 6.49. The molecule has 1 aliphatic rings. The minimum atomic E-state index is -2.97. The van der Waals surface area contributed by atoms with E-state index in [1.807, 2.05) is 0 Å². The predicted octanol–water partition coefficient (Wildman–Crippen LogP) is 0.320. The van der Waals surface area contributed by atoms with Crippen molar-refractivity contribution in [2.75, 3.05) is 6.54 Å². The van der Waals surface area contributed by atoms with Gasteiger partial charge in [0.25, 0.3) is 5.56 Å². The number of alkyl halides is 2. The summed E-state index contributed by atoms with van der Waals surface area (Å²) in [6, 6.07) is 0. The normalized spacial score (nSPS) is 18.9. The van der Waals surface area contributed by atoms with Crippen LogP contribution in [0.2, 0.25) is 0 Å². The van der Waals surface area contributed by atoms with Crippen LogP contribution >= 0.6 is 12.4 Å². The van der Waals surface area contributed by atoms with Crippen LogP contribution < -0.4 is 10.9 Å². The van der Waals surface area contributed by atoms with Gasteiger partial charge < -0.3 is 5.32 Å². The van der Waals surface area contributed by atoms with Crippen LogP contribution in [0.25, 0.3) is 0 Å². The number of fused-ring (bicyclic) bond motifs is 1. The number of hydrogen-bond donors (Lipinski definition) is 3. The van der Waals surface area contributed by atoms with Crippen LogP contribution in [0, 0.1) is 0 Å². The van der Waals surface area contributed by atoms with E-state index in [2.05, 4.69) is 15.5 Å². The van der Waals surface area contributed by atoms with Crippen molar-refractivity contribution in [2.45, 2.75) is 12.5 Å². The van der Waals surface area contributed by atoms with Crippen LogP contribution in [0.1, 0.15) is 11.3 Å². The maximum absolute atomic E-state index is 13.0. The van der Waals surface area contributed by atoms with Crippen LogP contribution in [0.3, 0.4) is 0 Å². The number of rotatable bonds is 0. The molecule has 0 unspecified atom stereocenters. The highest BCUT2D eigenvalue weighted by Crippen LogP contribution is 2.29. The molecule has 4 nitrogen and oxygen atoms in total. The summed E-state index contributed by atoms with van der Waals surface area (Å²) in [5.74, 6) is -2.97. The predicted molar refractivity (Wildman–Crippen MR) is 44.3 cm³/mol. The topological polar surface area (TPSA) is 60.7 Å². The smallest absolute Gasteiger partial charge is 0.301 e. The van der Waals surface area contributed by atoms with Crippen molar-refractivity contribution in [1.29, 1.82) is 0 Å². The van der Waals surface area contributed by atoms with E-state index < -0.39 is 18.0 Å². The average Bonchev–Trinajstić information content (AvgIpc) is 2.33. The highest BCUT2D eigenvalue weighted by molar-refractivity contribution is 5.85. The molecule has 74 valence electrons. The van der Waals surface area contributed by atoms with Gasteiger partial charge >= 0.3 is 5.92 Å². The molecule has 1 aromatic rings. The molecule has 0 fully saturated rings. The summed E-state index contributed by atoms with van der Waals surface area (Å²) in [6.07, 6.45) is 0. The molecule has 0 saturated heterocycles. The Labute approximate surface area is 78.1 Å². The summed E-state index contributed by atoms with van der Waals surface area (Å²) in [7, 11) is 0. The monoisotopic (exact) mass is 211 g/mol. The van der Waals surface area contributed by atoms with Gasteiger partial charge in [0.2, 0.25) is 0 Å². The maximum Gasteiger partial charge on any atom is 0.301 e. The zero-order chi connectivity index (χ0) is 8.77. The molecule has 1 aromatic heterocycles. The van der Waals surface area contributed by atoms with Gasteiger partial charge in [-0.3, -0.25) is 15.0 Å². The quantitative estimate of drug-likeness (QED) is 0.579. The van der Waals surface area contributed by atoms with Gasteiger partial charge in [0.1, 0.15) is 5.69 Å². The van der Waals surface area contributed by atoms with Crippen LogP contribution in [-0.2, 0) is 12.5 Å². The minimum Gasteiger partial charge on any atom is -0.306 e. The van der Waals surface area contributed by atoms with Crippen molar-refractivity contribution >= 4 is 12.4 Å². The first kappa shape index (κ1) is 10.2. The Kier molecular flexibility index (Phi) is 2.44. The van der Waals surface area contributed by atoms with E-state index >= 15 is 0 Å². The molecule has 0 aliphatic carbocycles. The molecule has 0 radical (unpaired) electrons. The summed E-state index contributed by atoms with van der Waals surface area (Å²) >= 11 is 0. The summed E-state index contributed by atoms with van der Waals surface area (Å²) < 4.78 is 25.9. The Hall–Kier alpha value is -0.880. The van der Waals surface area contributed by atoms with Crippen LogP contribution in [0.15, 0.2) is 4.79 Å². The number of halogens is 3. The Bertz CT molecular complexity index is 359. The highest BCUT2D eigenvalue weighted by Gasteiger charge is 2.39. The lowest BCUT2D eigenvalue weighted by atomic mass is 10.1. The first-order valence-electron chi connectivity index (χ1n) is 3.50. The third kappa shape index (κ3) is 1.47. The van der Waals surface area contributed by atoms with E-state index in [0.29, 0.717) is 0 Å². The van der Waals surface area contributed by atoms with E-state index in [1.54, 1.807) is 0 Å². The number of hydrogen-bond acceptors (Lipinski definition) is 2. The Morgan fingerprint density at radius 3 is 2.62 bits per heavy atom. The fourth-order valence-corrected chi connectivity index (χ4v) is 1.30. The zero-order valence-corrected chi connectivity index (χ0v) is 7.30. The summed E-state index contributed by atoms with van der Waals surface area (Å²) in [5, 5.41) is 6.79. The molecule has 2 heterocycles. The molecule has 1 aliphatic heterocycles. The van der Waals surface area contributed by atoms with Crippen molar-refractivity contribution < 1.29 is 8.78 Å². The standard InChI is InChI=1S/C6H7F2N3O.ClH/c7-6(8)2-9-1-3-4(6)10-11-5(3)12;/h9H,1-2H2,(H2,10,11,12);1H. The van der Waals surface area contributed by atoms with Gasteiger partial charge in [0, 0.05) is 6.54 Å². The van der Waals surface area contributed by atoms with E-state index in [0.717, 1.165) is 0 Å². The summed E-state index contributed by atoms with van der Waals surface area (Å²) in [5.41, 5.74) is -0.658. The van der Waals surface area contributed by atoms with Gasteiger partial charge in [0.15, 0.2) is 0 Å². The molecule has 0 spiro atoms. The van der Waals surface area contributed by atoms with Gasteiger partial charge in [-0.05, 0) is 0 Å². The first-order valence-corrected chi connectivity index (χ1v) is 3.50. The summed E-state index contributed by atoms with van der Waals surface area (Å²) in [6.45, 7) is -0.225. The number of H-pyrrole nitrogens is 2. The second-order valence-corrected chi connectivity index (χ2v) is 2.74. The average molecular weight is 212 g/mol. The summed E-state index contributed by atoms with van der Waals surface area (Å²) in [4.78, 5) is 10.9. The second kappa shape index (κ2) is 3.12. The lowest BCUT2D eigenvalue weighted by Crippen LogP contribution is -2.38. The Morgan fingerprint density at radius 1 is 1.31 bits per heavy atom. The SMILES string of the molecule is Cl.O=c1[nH][nH]c2c1CNCC2(F)F. The van der Waals surface area contributed by atoms with Crippen LogP contribution in [0.4, 0.5) is 8.78 Å². The van der Waals surface area contributed by atoms with Gasteiger partial charge in [0.05, 0.1) is 12.1 Å². The van der Waals surface area contributed by atoms with Crippen molar-refractivity contribution in [1.82, 2.24) is 15.5 Å². The van der Waals surface area contributed by atoms with E-state index in [-0.39, 0.29) is 30.2 Å². The molecule has 13 heavy (non-hydrogen) atoms. The fraction of sp³-hybridized carbons (Fsp3) is 0.500. The van der Waals surface area contributed by atoms with Crippen LogP contribution in [0.5, 0.6) is 0 Å². The van der Waals surface area contributed by atoms with Crippen molar-refractivity contribution in [2.24, 2.45) is 0 Å². The number of nitrogens with one attached hydrogen (secondary N) is 3. The molecule has 3 N–H and O–H groups in total. The van der Waals surface area contributed by atoms with Crippen molar-refractivity contribution in [3.05, 3.63) is 21.6 Å². The Balaban J connectivity index is 0.000000845. The molecule has 0 amide bonds. The van der Waals surface area contributed by atoms with Crippen LogP contribution in [-0.4, -0.2) is 16.7 Å². The number of aromatic amines is 2. The second-order valence-electron chi connectivity index (χ2n) is 2.74. The van der Waals surface area contributed by atoms with Gasteiger partial charge in [-0.25, -0.2) is 0 Å². The molecule has 0 aromatic carbocycles. The van der Waals surface area contributed by atoms with Crippen molar-refractivity contribution in [3.63, 3.8) is 0 Å². The largest absolute Gasteiger partial charge is 0.306 e. The van der Waals surface area contributed by atoms with Gasteiger partial charge in [-0.15, -0.1) is 12.4 Å². The van der Waals surface area contributed by atoms with Crippen molar-refractivity contribution in [3.8, 4) is 0 Å². The third-order valence-corrected chi connectivity index (χ3v) is 1.89. The highest BCUT2D eigenvalue weighted by atomic mass is 35.5. The molecule has 7 heteroatoms. The van der Waals surface area contributed by atoms with Gasteiger partial charge in [-0.2, -0.15) is 8.78 Å². The fourth-order valence-electron chi connectivity index (χ4n) is 1.30. The van der Waals surface area contributed by atoms with E-state index in [4.69, 9.17) is 0 Å². The number of aromatic nitrogens is 2. The lowest BCUT2D eigenvalue weighted by Gasteiger charge is -2.21. The Morgan fingerprint density at radius 2 is 2.00 bits per heavy atom. The first-order chi connectivity index (χ1) is 5.61. The van der Waals surface area contributed by atoms with Gasteiger partial charge in [-0.1, -0.05) is 0 Å². The molecule has 0 atom stereocenters. The van der Waals surface area contributed by atoms with E-state index in [1.165, 1.54) is 0 Å². The third-order valence-electron chi connectivity index (χ3n) is 1.89. The molecular formula is C6H8ClF2N3O. The molecule has 0 saturated carbocycles.